The lowest BCUT2D eigenvalue weighted by molar-refractivity contribution is -0.120. The zero-order valence-electron chi connectivity index (χ0n) is 19.0. The number of alkyl halides is 1. The summed E-state index contributed by atoms with van der Waals surface area (Å²) in [5.74, 6) is 1.28. The molecule has 3 unspecified atom stereocenters. The second-order valence-electron chi connectivity index (χ2n) is 8.75. The van der Waals surface area contributed by atoms with E-state index in [2.05, 4.69) is 20.9 Å². The Balaban J connectivity index is 1.44. The number of amides is 1. The van der Waals surface area contributed by atoms with Crippen molar-refractivity contribution >= 4 is 29.1 Å². The molecule has 33 heavy (non-hydrogen) atoms. The Morgan fingerprint density at radius 1 is 1.03 bits per heavy atom. The minimum atomic E-state index is -0.587. The number of benzene rings is 2. The molecule has 8 heteroatoms. The lowest BCUT2D eigenvalue weighted by Crippen LogP contribution is -2.40. The van der Waals surface area contributed by atoms with E-state index in [1.807, 2.05) is 56.3 Å². The molecule has 3 atom stereocenters. The number of hydrogen-bond donors (Lipinski definition) is 3. The third kappa shape index (κ3) is 5.03. The highest BCUT2D eigenvalue weighted by Gasteiger charge is 2.33. The predicted molar refractivity (Wildman–Crippen MR) is 128 cm³/mol. The standard InChI is InChI=1S/C25H27ClN4O3/c1-14(31)16-5-7-17(8-6-16)22-20(26)13-21-23(28-22)29-24(27-21)33-19-11-9-18(10-12-19)25(3,4)30-15(2)32/h5-13,20,22,24,27H,1-4H3,(H,28,29)(H,30,32). The van der Waals surface area contributed by atoms with E-state index in [9.17, 15) is 9.59 Å². The molecule has 0 saturated carbocycles. The highest BCUT2D eigenvalue weighted by atomic mass is 35.5. The van der Waals surface area contributed by atoms with E-state index >= 15 is 0 Å². The molecule has 0 aliphatic carbocycles. The molecule has 0 aromatic heterocycles. The van der Waals surface area contributed by atoms with Gasteiger partial charge in [-0.3, -0.25) is 9.59 Å². The van der Waals surface area contributed by atoms with E-state index in [0.717, 1.165) is 16.8 Å². The summed E-state index contributed by atoms with van der Waals surface area (Å²) in [6, 6.07) is 14.8. The summed E-state index contributed by atoms with van der Waals surface area (Å²) < 4.78 is 5.99. The molecule has 2 aliphatic rings. The van der Waals surface area contributed by atoms with Gasteiger partial charge in [-0.1, -0.05) is 36.4 Å². The second-order valence-corrected chi connectivity index (χ2v) is 9.25. The van der Waals surface area contributed by atoms with Gasteiger partial charge >= 0.3 is 0 Å². The number of halogens is 1. The highest BCUT2D eigenvalue weighted by Crippen LogP contribution is 2.30. The number of carbonyl (C=O) groups is 2. The summed E-state index contributed by atoms with van der Waals surface area (Å²) in [7, 11) is 0. The fraction of sp³-hybridized carbons (Fsp3) is 0.320. The van der Waals surface area contributed by atoms with Crippen LogP contribution in [0.4, 0.5) is 0 Å². The molecular weight excluding hydrogens is 440 g/mol. The van der Waals surface area contributed by atoms with Crippen molar-refractivity contribution in [2.24, 2.45) is 4.99 Å². The summed E-state index contributed by atoms with van der Waals surface area (Å²) in [6.07, 6.45) is 1.33. The number of rotatable bonds is 6. The van der Waals surface area contributed by atoms with E-state index in [0.29, 0.717) is 17.1 Å². The molecule has 2 heterocycles. The van der Waals surface area contributed by atoms with Gasteiger partial charge in [-0.25, -0.2) is 4.99 Å². The van der Waals surface area contributed by atoms with Gasteiger partial charge < -0.3 is 20.7 Å². The first-order chi connectivity index (χ1) is 15.6. The first kappa shape index (κ1) is 22.9. The van der Waals surface area contributed by atoms with Crippen molar-refractivity contribution < 1.29 is 14.3 Å². The van der Waals surface area contributed by atoms with Crippen LogP contribution in [-0.2, 0) is 10.3 Å². The largest absolute Gasteiger partial charge is 0.451 e. The second kappa shape index (κ2) is 8.90. The van der Waals surface area contributed by atoms with Crippen LogP contribution >= 0.6 is 11.6 Å². The number of nitrogens with zero attached hydrogens (tertiary/aromatic N) is 1. The van der Waals surface area contributed by atoms with Crippen molar-refractivity contribution in [2.45, 2.75) is 51.0 Å². The third-order valence-electron chi connectivity index (χ3n) is 5.71. The van der Waals surface area contributed by atoms with Crippen molar-refractivity contribution in [1.82, 2.24) is 16.0 Å². The van der Waals surface area contributed by atoms with Gasteiger partial charge in [0, 0.05) is 12.5 Å². The summed E-state index contributed by atoms with van der Waals surface area (Å²) in [4.78, 5) is 27.6. The topological polar surface area (TPSA) is 91.8 Å². The van der Waals surface area contributed by atoms with Crippen molar-refractivity contribution in [2.75, 3.05) is 0 Å². The van der Waals surface area contributed by atoms with E-state index < -0.39 is 11.9 Å². The predicted octanol–water partition coefficient (Wildman–Crippen LogP) is 3.76. The minimum Gasteiger partial charge on any atom is -0.451 e. The van der Waals surface area contributed by atoms with Crippen LogP contribution in [0.2, 0.25) is 0 Å². The average Bonchev–Trinajstić information content (AvgIpc) is 3.13. The van der Waals surface area contributed by atoms with Crippen molar-refractivity contribution in [1.29, 1.82) is 0 Å². The van der Waals surface area contributed by atoms with E-state index in [-0.39, 0.29) is 23.1 Å². The number of hydrogen-bond acceptors (Lipinski definition) is 6. The number of ether oxygens (including phenoxy) is 1. The first-order valence-corrected chi connectivity index (χ1v) is 11.2. The van der Waals surface area contributed by atoms with Gasteiger partial charge in [0.2, 0.25) is 5.91 Å². The van der Waals surface area contributed by atoms with Gasteiger partial charge in [-0.05, 0) is 50.1 Å². The van der Waals surface area contributed by atoms with Gasteiger partial charge in [0.05, 0.1) is 22.7 Å². The number of amidine groups is 1. The van der Waals surface area contributed by atoms with E-state index in [1.54, 1.807) is 19.1 Å². The summed E-state index contributed by atoms with van der Waals surface area (Å²) in [5, 5.41) is 9.23. The molecule has 0 fully saturated rings. The van der Waals surface area contributed by atoms with Crippen molar-refractivity contribution in [3.8, 4) is 5.75 Å². The molecule has 2 aliphatic heterocycles. The van der Waals surface area contributed by atoms with Crippen LogP contribution in [0, 0.1) is 0 Å². The first-order valence-electron chi connectivity index (χ1n) is 10.8. The molecule has 2 aromatic rings. The van der Waals surface area contributed by atoms with E-state index in [1.165, 1.54) is 6.92 Å². The van der Waals surface area contributed by atoms with E-state index in [4.69, 9.17) is 16.3 Å². The van der Waals surface area contributed by atoms with Crippen molar-refractivity contribution in [3.63, 3.8) is 0 Å². The SMILES string of the molecule is CC(=O)NC(C)(C)c1ccc(OC2N=C3NC(c4ccc(C(C)=O)cc4)C(Cl)C=C3N2)cc1. The van der Waals surface area contributed by atoms with Gasteiger partial charge in [0.15, 0.2) is 11.6 Å². The zero-order valence-corrected chi connectivity index (χ0v) is 19.7. The molecule has 2 aromatic carbocycles. The number of carbonyl (C=O) groups excluding carboxylic acids is 2. The van der Waals surface area contributed by atoms with Crippen LogP contribution in [0.15, 0.2) is 65.3 Å². The van der Waals surface area contributed by atoms with Crippen LogP contribution in [0.1, 0.15) is 55.2 Å². The molecule has 0 bridgehead atoms. The quantitative estimate of drug-likeness (QED) is 0.445. The highest BCUT2D eigenvalue weighted by molar-refractivity contribution is 6.23. The Morgan fingerprint density at radius 3 is 2.30 bits per heavy atom. The van der Waals surface area contributed by atoms with Crippen molar-refractivity contribution in [3.05, 3.63) is 77.0 Å². The molecule has 4 rings (SSSR count). The Labute approximate surface area is 198 Å². The normalized spacial score (nSPS) is 21.7. The van der Waals surface area contributed by atoms with Gasteiger partial charge in [0.1, 0.15) is 5.75 Å². The molecule has 0 spiro atoms. The Hall–Kier alpha value is -3.32. The zero-order chi connectivity index (χ0) is 23.8. The Bertz CT molecular complexity index is 1120. The monoisotopic (exact) mass is 466 g/mol. The lowest BCUT2D eigenvalue weighted by atomic mass is 9.94. The maximum Gasteiger partial charge on any atom is 0.270 e. The van der Waals surface area contributed by atoms with Crippen LogP contribution in [0.25, 0.3) is 0 Å². The van der Waals surface area contributed by atoms with Crippen LogP contribution in [0.3, 0.4) is 0 Å². The number of ketones is 1. The smallest absolute Gasteiger partial charge is 0.270 e. The maximum absolute atomic E-state index is 11.5. The molecule has 172 valence electrons. The maximum atomic E-state index is 11.5. The average molecular weight is 467 g/mol. The van der Waals surface area contributed by atoms with Gasteiger partial charge in [-0.2, -0.15) is 0 Å². The number of aliphatic imine (C=N–C) groups is 1. The van der Waals surface area contributed by atoms with Crippen LogP contribution in [-0.4, -0.2) is 29.3 Å². The molecule has 7 nitrogen and oxygen atoms in total. The van der Waals surface area contributed by atoms with Crippen LogP contribution < -0.4 is 20.7 Å². The van der Waals surface area contributed by atoms with Crippen LogP contribution in [0.5, 0.6) is 5.75 Å². The fourth-order valence-electron chi connectivity index (χ4n) is 3.98. The molecular formula is C25H27ClN4O3. The Morgan fingerprint density at radius 2 is 1.70 bits per heavy atom. The number of fused-ring (bicyclic) bond motifs is 1. The number of nitrogens with one attached hydrogen (secondary N) is 3. The van der Waals surface area contributed by atoms with Gasteiger partial charge in [0.25, 0.3) is 6.35 Å². The molecule has 0 saturated heterocycles. The Kier molecular flexibility index (Phi) is 6.17. The summed E-state index contributed by atoms with van der Waals surface area (Å²) in [5.41, 5.74) is 2.92. The fourth-order valence-corrected chi connectivity index (χ4v) is 4.32. The summed E-state index contributed by atoms with van der Waals surface area (Å²) in [6.45, 7) is 6.95. The minimum absolute atomic E-state index is 0.0267. The number of Topliss-reactive ketones (excluding diaryl/α,β-unsaturated/α-hetero) is 1. The van der Waals surface area contributed by atoms with Gasteiger partial charge in [-0.15, -0.1) is 11.6 Å². The molecule has 3 N–H and O–H groups in total. The summed E-state index contributed by atoms with van der Waals surface area (Å²) >= 11 is 6.62. The third-order valence-corrected chi connectivity index (χ3v) is 6.08. The lowest BCUT2D eigenvalue weighted by Gasteiger charge is -2.28. The molecule has 1 amide bonds. The molecule has 0 radical (unpaired) electrons.